The Kier molecular flexibility index (Phi) is 16.4. The van der Waals surface area contributed by atoms with Gasteiger partial charge in [-0.05, 0) is 134 Å². The number of nitrogens with zero attached hydrogens (tertiary/aromatic N) is 1. The third kappa shape index (κ3) is 11.2. The molecular weight excluding hydrogens is 767 g/mol. The molecule has 2 saturated heterocycles. The van der Waals surface area contributed by atoms with E-state index in [1.165, 1.54) is 19.4 Å². The Hall–Kier alpha value is -3.77. The van der Waals surface area contributed by atoms with Crippen molar-refractivity contribution in [3.63, 3.8) is 0 Å². The second kappa shape index (κ2) is 20.9. The number of carbonyl (C=O) groups is 5. The smallest absolute Gasteiger partial charge is 0.404 e. The molecule has 1 aromatic carbocycles. The Morgan fingerprint density at radius 3 is 1.98 bits per heavy atom. The molecule has 0 spiro atoms. The number of urea groups is 1. The minimum atomic E-state index is -1.44. The lowest BCUT2D eigenvalue weighted by atomic mass is 9.43. The van der Waals surface area contributed by atoms with Crippen LogP contribution in [0.1, 0.15) is 117 Å². The van der Waals surface area contributed by atoms with Crippen molar-refractivity contribution in [2.45, 2.75) is 160 Å². The van der Waals surface area contributed by atoms with Gasteiger partial charge in [0.15, 0.2) is 0 Å². The lowest BCUT2D eigenvalue weighted by molar-refractivity contribution is -0.199. The second-order valence-electron chi connectivity index (χ2n) is 18.4. The Bertz CT molecular complexity index is 1630. The fourth-order valence-corrected chi connectivity index (χ4v) is 9.74. The first-order valence-electron chi connectivity index (χ1n) is 22.2. The van der Waals surface area contributed by atoms with E-state index < -0.39 is 72.6 Å². The van der Waals surface area contributed by atoms with Gasteiger partial charge in [0.25, 0.3) is 0 Å². The third-order valence-corrected chi connectivity index (χ3v) is 13.8. The van der Waals surface area contributed by atoms with Crippen LogP contribution >= 0.6 is 0 Å². The molecule has 6 amide bonds. The van der Waals surface area contributed by atoms with E-state index in [4.69, 9.17) is 20.8 Å². The molecule has 0 aromatic heterocycles. The molecule has 2 aliphatic heterocycles. The molecule has 10 unspecified atom stereocenters. The summed E-state index contributed by atoms with van der Waals surface area (Å²) in [7, 11) is -0.642. The Labute approximate surface area is 356 Å². The third-order valence-electron chi connectivity index (χ3n) is 13.8. The second-order valence-corrected chi connectivity index (χ2v) is 18.4. The van der Waals surface area contributed by atoms with E-state index in [2.05, 4.69) is 59.5 Å². The number of carbonyl (C=O) groups excluding carboxylic acids is 5. The number of nitrogens with two attached hydrogens (primary N) is 2. The van der Waals surface area contributed by atoms with Crippen LogP contribution in [0.2, 0.25) is 0 Å². The van der Waals surface area contributed by atoms with Crippen LogP contribution in [0.3, 0.4) is 0 Å². The Morgan fingerprint density at radius 1 is 0.800 bits per heavy atom. The monoisotopic (exact) mass is 839 g/mol. The van der Waals surface area contributed by atoms with Crippen molar-refractivity contribution < 1.29 is 38.4 Å². The number of hydrogen-bond donors (Lipinski definition) is 8. The van der Waals surface area contributed by atoms with Crippen molar-refractivity contribution in [1.82, 2.24) is 31.5 Å². The number of unbranched alkanes of at least 4 members (excludes halogenated alkanes) is 2. The molecule has 334 valence electrons. The highest BCUT2D eigenvalue weighted by atomic mass is 16.7. The van der Waals surface area contributed by atoms with Crippen LogP contribution in [0.15, 0.2) is 30.3 Å². The minimum Gasteiger partial charge on any atom is -0.404 e. The summed E-state index contributed by atoms with van der Waals surface area (Å²) in [4.78, 5) is 69.6. The van der Waals surface area contributed by atoms with Crippen LogP contribution in [0.4, 0.5) is 4.79 Å². The highest BCUT2D eigenvalue weighted by molar-refractivity contribution is 6.47. The van der Waals surface area contributed by atoms with Gasteiger partial charge in [-0.25, -0.2) is 4.79 Å². The molecule has 60 heavy (non-hydrogen) atoms. The van der Waals surface area contributed by atoms with Gasteiger partial charge in [-0.3, -0.25) is 19.2 Å². The highest BCUT2D eigenvalue weighted by Gasteiger charge is 2.68. The lowest BCUT2D eigenvalue weighted by Crippen LogP contribution is -2.65. The molecule has 5 aliphatic rings. The first-order valence-corrected chi connectivity index (χ1v) is 22.2. The van der Waals surface area contributed by atoms with E-state index in [0.29, 0.717) is 76.0 Å². The summed E-state index contributed by atoms with van der Waals surface area (Å²) in [6.45, 7) is 13.2. The van der Waals surface area contributed by atoms with Gasteiger partial charge in [-0.2, -0.15) is 0 Å². The first kappa shape index (κ1) is 47.3. The minimum absolute atomic E-state index is 0.0485. The summed E-state index contributed by atoms with van der Waals surface area (Å²) in [6, 6.07) is 5.28. The first-order chi connectivity index (χ1) is 28.5. The summed E-state index contributed by atoms with van der Waals surface area (Å²) in [5, 5.41) is 24.4. The zero-order valence-electron chi connectivity index (χ0n) is 36.5. The van der Waals surface area contributed by atoms with Crippen LogP contribution in [-0.2, 0) is 28.5 Å². The predicted octanol–water partition coefficient (Wildman–Crippen LogP) is 1.83. The average Bonchev–Trinajstić information content (AvgIpc) is 3.59. The maximum Gasteiger partial charge on any atom is 0.481 e. The topological polar surface area (TPSA) is 239 Å². The number of aliphatic hydroxyl groups excluding tert-OH is 1. The standard InChI is InChI=1S/C43H71BN8O8/c1-26(37(54)49-32(16-10-12-20-45)38(55)48-28(3)44-59-35-25-31-24-34(42(31,4)5)43(35,6)60-44)47-40(57)36(27(2)53)51-39(56)33(17-11-13-21-46)50-41(58)52-22-18-30(19-23-52)29-14-8-7-9-15-29/h7-9,14-15,26-28,30-36,53H,10-13,16-25,45-46H2,1-6H3,(H,47,57)(H,48,55)(H,49,54)(H,50,58)(H,51,56). The van der Waals surface area contributed by atoms with E-state index in [1.807, 2.05) is 25.1 Å². The van der Waals surface area contributed by atoms with Crippen LogP contribution in [0.5, 0.6) is 0 Å². The molecule has 0 radical (unpaired) electrons. The van der Waals surface area contributed by atoms with Crippen LogP contribution in [-0.4, -0.2) is 121 Å². The maximum absolute atomic E-state index is 13.7. The normalized spacial score (nSPS) is 26.2. The number of amides is 6. The molecule has 10 N–H and O–H groups in total. The van der Waals surface area contributed by atoms with E-state index in [1.54, 1.807) is 4.90 Å². The van der Waals surface area contributed by atoms with Gasteiger partial charge in [-0.15, -0.1) is 0 Å². The number of likely N-dealkylation sites (tertiary alicyclic amines) is 1. The van der Waals surface area contributed by atoms with Crippen molar-refractivity contribution in [1.29, 1.82) is 0 Å². The fraction of sp³-hybridized carbons (Fsp3) is 0.744. The van der Waals surface area contributed by atoms with Crippen LogP contribution < -0.4 is 38.1 Å². The van der Waals surface area contributed by atoms with E-state index in [-0.39, 0.29) is 24.0 Å². The molecule has 6 rings (SSSR count). The molecule has 16 nitrogen and oxygen atoms in total. The number of piperidine rings is 1. The SMILES string of the molecule is CC(NC(=O)C(CCCCN)NC(=O)C(C)NC(=O)C(NC(=O)C(CCCCN)NC(=O)N1CCC(c2ccccc2)CC1)C(C)O)B1OC2CC3CC(C3(C)C)C2(C)O1. The lowest BCUT2D eigenvalue weighted by Gasteiger charge is -2.64. The maximum atomic E-state index is 13.7. The number of nitrogens with one attached hydrogen (secondary N) is 5. The van der Waals surface area contributed by atoms with Crippen LogP contribution in [0, 0.1) is 17.3 Å². The molecular formula is C43H71BN8O8. The molecule has 3 aliphatic carbocycles. The molecule has 10 atom stereocenters. The fourth-order valence-electron chi connectivity index (χ4n) is 9.74. The van der Waals surface area contributed by atoms with Crippen molar-refractivity contribution in [2.75, 3.05) is 26.2 Å². The molecule has 17 heteroatoms. The average molecular weight is 839 g/mol. The van der Waals surface area contributed by atoms with Crippen molar-refractivity contribution in [2.24, 2.45) is 28.7 Å². The number of rotatable bonds is 20. The van der Waals surface area contributed by atoms with Gasteiger partial charge in [0.2, 0.25) is 23.6 Å². The number of aliphatic hydroxyl groups is 1. The van der Waals surface area contributed by atoms with Crippen molar-refractivity contribution in [3.8, 4) is 0 Å². The van der Waals surface area contributed by atoms with Gasteiger partial charge in [0.05, 0.1) is 23.8 Å². The van der Waals surface area contributed by atoms with Gasteiger partial charge in [0, 0.05) is 13.1 Å². The van der Waals surface area contributed by atoms with Crippen molar-refractivity contribution in [3.05, 3.63) is 35.9 Å². The van der Waals surface area contributed by atoms with Gasteiger partial charge in [-0.1, -0.05) is 44.2 Å². The highest BCUT2D eigenvalue weighted by Crippen LogP contribution is 2.65. The Morgan fingerprint density at radius 2 is 1.40 bits per heavy atom. The number of hydrogen-bond acceptors (Lipinski definition) is 10. The molecule has 2 heterocycles. The largest absolute Gasteiger partial charge is 0.481 e. The molecule has 5 fully saturated rings. The Balaban J connectivity index is 1.15. The summed E-state index contributed by atoms with van der Waals surface area (Å²) in [5.41, 5.74) is 12.4. The van der Waals surface area contributed by atoms with Crippen LogP contribution in [0.25, 0.3) is 0 Å². The quantitative estimate of drug-likeness (QED) is 0.0701. The van der Waals surface area contributed by atoms with Crippen molar-refractivity contribution >= 4 is 36.8 Å². The zero-order chi connectivity index (χ0) is 43.8. The summed E-state index contributed by atoms with van der Waals surface area (Å²) < 4.78 is 12.9. The zero-order valence-corrected chi connectivity index (χ0v) is 36.5. The van der Waals surface area contributed by atoms with E-state index in [9.17, 15) is 29.1 Å². The summed E-state index contributed by atoms with van der Waals surface area (Å²) >= 11 is 0. The van der Waals surface area contributed by atoms with Gasteiger partial charge < -0.3 is 57.4 Å². The number of benzene rings is 1. The molecule has 3 saturated carbocycles. The predicted molar refractivity (Wildman–Crippen MR) is 229 cm³/mol. The molecule has 2 bridgehead atoms. The van der Waals surface area contributed by atoms with E-state index >= 15 is 0 Å². The van der Waals surface area contributed by atoms with E-state index in [0.717, 1.165) is 25.7 Å². The molecule has 1 aromatic rings. The van der Waals surface area contributed by atoms with Gasteiger partial charge >= 0.3 is 13.1 Å². The summed E-state index contributed by atoms with van der Waals surface area (Å²) in [5.74, 6) is -1.71. The summed E-state index contributed by atoms with van der Waals surface area (Å²) in [6.07, 6.45) is 5.18. The van der Waals surface area contributed by atoms with Gasteiger partial charge in [0.1, 0.15) is 24.2 Å².